The number of halogens is 1. The zero-order valence-corrected chi connectivity index (χ0v) is 12.8. The third kappa shape index (κ3) is 3.54. The maximum atomic E-state index is 13.2. The molecule has 0 bridgehead atoms. The summed E-state index contributed by atoms with van der Waals surface area (Å²) in [5, 5.41) is 0. The van der Waals surface area contributed by atoms with Crippen molar-refractivity contribution in [1.82, 2.24) is 4.90 Å². The Morgan fingerprint density at radius 2 is 1.73 bits per heavy atom. The molecule has 116 valence electrons. The largest absolute Gasteiger partial charge is 0.330 e. The van der Waals surface area contributed by atoms with E-state index in [0.717, 1.165) is 26.1 Å². The zero-order valence-electron chi connectivity index (χ0n) is 12.8. The van der Waals surface area contributed by atoms with E-state index in [9.17, 15) is 4.39 Å². The van der Waals surface area contributed by atoms with Gasteiger partial charge in [-0.1, -0.05) is 42.5 Å². The van der Waals surface area contributed by atoms with Crippen molar-refractivity contribution in [3.05, 3.63) is 71.5 Å². The highest BCUT2D eigenvalue weighted by atomic mass is 19.1. The Hall–Kier alpha value is -1.71. The van der Waals surface area contributed by atoms with E-state index in [0.29, 0.717) is 18.4 Å². The first-order valence-corrected chi connectivity index (χ1v) is 7.98. The summed E-state index contributed by atoms with van der Waals surface area (Å²) in [7, 11) is 0. The van der Waals surface area contributed by atoms with E-state index >= 15 is 0 Å². The van der Waals surface area contributed by atoms with Crippen molar-refractivity contribution in [1.29, 1.82) is 0 Å². The van der Waals surface area contributed by atoms with Crippen LogP contribution in [0, 0.1) is 11.7 Å². The summed E-state index contributed by atoms with van der Waals surface area (Å²) in [4.78, 5) is 2.49. The standard InChI is InChI=1S/C19H23FN2/c20-18-8-6-16(7-9-18)19-14-22(13-17(19)10-11-21)12-15-4-2-1-3-5-15/h1-9,17,19H,10-14,21H2/t17-,19+/m1/s1. The maximum absolute atomic E-state index is 13.2. The van der Waals surface area contributed by atoms with Crippen LogP contribution in [0.3, 0.4) is 0 Å². The van der Waals surface area contributed by atoms with E-state index < -0.39 is 0 Å². The average Bonchev–Trinajstić information content (AvgIpc) is 2.92. The van der Waals surface area contributed by atoms with Gasteiger partial charge in [0, 0.05) is 25.6 Å². The van der Waals surface area contributed by atoms with E-state index in [2.05, 4.69) is 29.2 Å². The van der Waals surface area contributed by atoms with E-state index in [1.54, 1.807) is 12.1 Å². The van der Waals surface area contributed by atoms with Crippen LogP contribution in [-0.4, -0.2) is 24.5 Å². The highest BCUT2D eigenvalue weighted by Crippen LogP contribution is 2.35. The number of nitrogens with two attached hydrogens (primary N) is 1. The third-order valence-corrected chi connectivity index (χ3v) is 4.60. The first-order valence-electron chi connectivity index (χ1n) is 7.98. The van der Waals surface area contributed by atoms with E-state index in [4.69, 9.17) is 5.73 Å². The fourth-order valence-electron chi connectivity index (χ4n) is 3.53. The number of hydrogen-bond donors (Lipinski definition) is 1. The van der Waals surface area contributed by atoms with Gasteiger partial charge in [-0.3, -0.25) is 4.90 Å². The molecule has 2 aromatic rings. The lowest BCUT2D eigenvalue weighted by Gasteiger charge is -2.18. The lowest BCUT2D eigenvalue weighted by Crippen LogP contribution is -2.20. The maximum Gasteiger partial charge on any atom is 0.123 e. The van der Waals surface area contributed by atoms with Crippen LogP contribution in [0.2, 0.25) is 0 Å². The van der Waals surface area contributed by atoms with Crippen molar-refractivity contribution >= 4 is 0 Å². The van der Waals surface area contributed by atoms with Crippen LogP contribution in [0.15, 0.2) is 54.6 Å². The monoisotopic (exact) mass is 298 g/mol. The molecular formula is C19H23FN2. The van der Waals surface area contributed by atoms with Crippen LogP contribution >= 0.6 is 0 Å². The van der Waals surface area contributed by atoms with Gasteiger partial charge in [-0.25, -0.2) is 4.39 Å². The highest BCUT2D eigenvalue weighted by molar-refractivity contribution is 5.24. The molecule has 3 rings (SSSR count). The normalized spacial score (nSPS) is 22.1. The Labute approximate surface area is 131 Å². The van der Waals surface area contributed by atoms with Gasteiger partial charge < -0.3 is 5.73 Å². The molecule has 0 unspecified atom stereocenters. The number of likely N-dealkylation sites (tertiary alicyclic amines) is 1. The van der Waals surface area contributed by atoms with Gasteiger partial charge in [-0.15, -0.1) is 0 Å². The van der Waals surface area contributed by atoms with Gasteiger partial charge in [0.05, 0.1) is 0 Å². The van der Waals surface area contributed by atoms with Crippen LogP contribution < -0.4 is 5.73 Å². The molecule has 0 amide bonds. The molecule has 22 heavy (non-hydrogen) atoms. The van der Waals surface area contributed by atoms with Crippen molar-refractivity contribution in [3.8, 4) is 0 Å². The smallest absolute Gasteiger partial charge is 0.123 e. The van der Waals surface area contributed by atoms with Crippen LogP contribution in [-0.2, 0) is 6.54 Å². The molecule has 2 atom stereocenters. The number of benzene rings is 2. The first kappa shape index (κ1) is 15.2. The highest BCUT2D eigenvalue weighted by Gasteiger charge is 2.33. The Morgan fingerprint density at radius 3 is 2.41 bits per heavy atom. The second-order valence-electron chi connectivity index (χ2n) is 6.18. The molecule has 1 aliphatic rings. The molecule has 1 aliphatic heterocycles. The molecule has 0 radical (unpaired) electrons. The fraction of sp³-hybridized carbons (Fsp3) is 0.368. The minimum atomic E-state index is -0.168. The van der Waals surface area contributed by atoms with Gasteiger partial charge in [0.25, 0.3) is 0 Å². The average molecular weight is 298 g/mol. The number of nitrogens with zero attached hydrogens (tertiary/aromatic N) is 1. The molecule has 1 fully saturated rings. The molecule has 0 aliphatic carbocycles. The number of rotatable bonds is 5. The molecular weight excluding hydrogens is 275 g/mol. The lowest BCUT2D eigenvalue weighted by molar-refractivity contribution is 0.313. The van der Waals surface area contributed by atoms with Crippen molar-refractivity contribution in [2.75, 3.05) is 19.6 Å². The molecule has 0 aromatic heterocycles. The molecule has 0 saturated carbocycles. The summed E-state index contributed by atoms with van der Waals surface area (Å²) in [6.45, 7) is 3.76. The van der Waals surface area contributed by atoms with E-state index in [1.807, 2.05) is 18.2 Å². The van der Waals surface area contributed by atoms with Gasteiger partial charge in [0.15, 0.2) is 0 Å². The number of hydrogen-bond acceptors (Lipinski definition) is 2. The topological polar surface area (TPSA) is 29.3 Å². The molecule has 2 aromatic carbocycles. The van der Waals surface area contributed by atoms with Crippen LogP contribution in [0.25, 0.3) is 0 Å². The summed E-state index contributed by atoms with van der Waals surface area (Å²) >= 11 is 0. The molecule has 1 heterocycles. The Balaban J connectivity index is 1.73. The predicted molar refractivity (Wildman–Crippen MR) is 88.0 cm³/mol. The Morgan fingerprint density at radius 1 is 1.00 bits per heavy atom. The second-order valence-corrected chi connectivity index (χ2v) is 6.18. The predicted octanol–water partition coefficient (Wildman–Crippen LogP) is 3.39. The first-order chi connectivity index (χ1) is 10.8. The Bertz CT molecular complexity index is 582. The van der Waals surface area contributed by atoms with Crippen molar-refractivity contribution in [3.63, 3.8) is 0 Å². The summed E-state index contributed by atoms with van der Waals surface area (Å²) < 4.78 is 13.2. The Kier molecular flexibility index (Phi) is 4.86. The minimum absolute atomic E-state index is 0.168. The van der Waals surface area contributed by atoms with Crippen molar-refractivity contribution in [2.24, 2.45) is 11.7 Å². The molecule has 2 N–H and O–H groups in total. The summed E-state index contributed by atoms with van der Waals surface area (Å²) in [5.41, 5.74) is 8.37. The molecule has 2 nitrogen and oxygen atoms in total. The van der Waals surface area contributed by atoms with Crippen LogP contribution in [0.1, 0.15) is 23.5 Å². The van der Waals surface area contributed by atoms with Crippen LogP contribution in [0.5, 0.6) is 0 Å². The minimum Gasteiger partial charge on any atom is -0.330 e. The second kappa shape index (κ2) is 7.03. The summed E-state index contributed by atoms with van der Waals surface area (Å²) in [6.07, 6.45) is 1.02. The molecule has 0 spiro atoms. The van der Waals surface area contributed by atoms with Gasteiger partial charge in [-0.2, -0.15) is 0 Å². The SMILES string of the molecule is NCC[C@@H]1CN(Cc2ccccc2)C[C@H]1c1ccc(F)cc1. The summed E-state index contributed by atoms with van der Waals surface area (Å²) in [6, 6.07) is 17.5. The van der Waals surface area contributed by atoms with Gasteiger partial charge in [0.1, 0.15) is 5.82 Å². The van der Waals surface area contributed by atoms with Crippen LogP contribution in [0.4, 0.5) is 4.39 Å². The molecule has 3 heteroatoms. The van der Waals surface area contributed by atoms with Crippen molar-refractivity contribution < 1.29 is 4.39 Å². The van der Waals surface area contributed by atoms with Crippen molar-refractivity contribution in [2.45, 2.75) is 18.9 Å². The van der Waals surface area contributed by atoms with E-state index in [1.165, 1.54) is 11.1 Å². The van der Waals surface area contributed by atoms with E-state index in [-0.39, 0.29) is 5.82 Å². The third-order valence-electron chi connectivity index (χ3n) is 4.60. The van der Waals surface area contributed by atoms with Gasteiger partial charge in [-0.05, 0) is 42.1 Å². The lowest BCUT2D eigenvalue weighted by atomic mass is 9.87. The summed E-state index contributed by atoms with van der Waals surface area (Å²) in [5.74, 6) is 0.838. The fourth-order valence-corrected chi connectivity index (χ4v) is 3.53. The van der Waals surface area contributed by atoms with Gasteiger partial charge in [0.2, 0.25) is 0 Å². The van der Waals surface area contributed by atoms with Gasteiger partial charge >= 0.3 is 0 Å². The zero-order chi connectivity index (χ0) is 15.4. The quantitative estimate of drug-likeness (QED) is 0.917. The molecule has 1 saturated heterocycles.